The van der Waals surface area contributed by atoms with Crippen LogP contribution in [0.4, 0.5) is 0 Å². The van der Waals surface area contributed by atoms with Gasteiger partial charge >= 0.3 is 0 Å². The molecule has 0 saturated heterocycles. The minimum absolute atomic E-state index is 0.465. The van der Waals surface area contributed by atoms with Crippen LogP contribution in [0.15, 0.2) is 130 Å². The van der Waals surface area contributed by atoms with Crippen LogP contribution in [0.25, 0.3) is 78.1 Å². The van der Waals surface area contributed by atoms with Crippen LogP contribution in [0.1, 0.15) is 0 Å². The Balaban J connectivity index is 1.11. The van der Waals surface area contributed by atoms with Gasteiger partial charge in [-0.05, 0) is 80.8 Å². The Labute approximate surface area is 228 Å². The summed E-state index contributed by atoms with van der Waals surface area (Å²) in [6, 6.07) is 40.8. The van der Waals surface area contributed by atoms with Gasteiger partial charge in [0.05, 0.1) is 0 Å². The molecule has 0 unspecified atom stereocenters. The molecule has 0 fully saturated rings. The molecule has 6 aromatic carbocycles. The molecule has 40 heavy (non-hydrogen) atoms. The maximum absolute atomic E-state index is 6.09. The zero-order chi connectivity index (χ0) is 26.5. The lowest BCUT2D eigenvalue weighted by molar-refractivity contribution is 0.584. The number of fused-ring (bicyclic) bond motifs is 3. The van der Waals surface area contributed by atoms with Crippen molar-refractivity contribution >= 4 is 32.3 Å². The van der Waals surface area contributed by atoms with Crippen LogP contribution >= 0.6 is 0 Å². The van der Waals surface area contributed by atoms with Crippen molar-refractivity contribution in [3.63, 3.8) is 0 Å². The molecule has 0 aliphatic carbocycles. The first-order valence-electron chi connectivity index (χ1n) is 13.0. The van der Waals surface area contributed by atoms with Crippen LogP contribution in [0, 0.1) is 0 Å². The summed E-state index contributed by atoms with van der Waals surface area (Å²) in [5.41, 5.74) is 3.46. The molecule has 2 heterocycles. The van der Waals surface area contributed by atoms with E-state index in [0.717, 1.165) is 43.8 Å². The second kappa shape index (κ2) is 8.99. The van der Waals surface area contributed by atoms with Crippen LogP contribution < -0.4 is 0 Å². The van der Waals surface area contributed by atoms with Gasteiger partial charge in [0.15, 0.2) is 0 Å². The Morgan fingerprint density at radius 2 is 0.600 bits per heavy atom. The standard InChI is InChI=1S/C34H20N4O2/c1-3-7-24-17-26(13-9-21(24)5-1)31-35-37-33(39-31)28-15-11-23-12-16-29(20-30(23)19-28)34-38-36-32(40-34)27-14-10-22-6-2-4-8-25(22)18-27/h1-20H. The molecule has 8 aromatic rings. The van der Waals surface area contributed by atoms with Gasteiger partial charge in [0.2, 0.25) is 23.6 Å². The van der Waals surface area contributed by atoms with Gasteiger partial charge < -0.3 is 8.83 Å². The lowest BCUT2D eigenvalue weighted by atomic mass is 10.0. The second-order valence-electron chi connectivity index (χ2n) is 9.73. The predicted octanol–water partition coefficient (Wildman–Crippen LogP) is 8.58. The first-order valence-corrected chi connectivity index (χ1v) is 13.0. The highest BCUT2D eigenvalue weighted by atomic mass is 16.4. The van der Waals surface area contributed by atoms with Gasteiger partial charge in [-0.3, -0.25) is 0 Å². The number of aromatic nitrogens is 4. The van der Waals surface area contributed by atoms with Gasteiger partial charge in [0.1, 0.15) is 0 Å². The largest absolute Gasteiger partial charge is 0.416 e. The molecule has 8 rings (SSSR count). The van der Waals surface area contributed by atoms with Gasteiger partial charge in [-0.2, -0.15) is 0 Å². The van der Waals surface area contributed by atoms with E-state index in [1.807, 2.05) is 72.8 Å². The molecule has 6 heteroatoms. The summed E-state index contributed by atoms with van der Waals surface area (Å²) in [7, 11) is 0. The highest BCUT2D eigenvalue weighted by molar-refractivity contribution is 5.90. The van der Waals surface area contributed by atoms with Gasteiger partial charge in [-0.15, -0.1) is 20.4 Å². The maximum atomic E-state index is 6.09. The molecular weight excluding hydrogens is 496 g/mol. The summed E-state index contributed by atoms with van der Waals surface area (Å²) in [4.78, 5) is 0. The molecular formula is C34H20N4O2. The molecule has 0 N–H and O–H groups in total. The number of hydrogen-bond donors (Lipinski definition) is 0. The van der Waals surface area contributed by atoms with Crippen LogP contribution in [0.2, 0.25) is 0 Å². The Morgan fingerprint density at radius 1 is 0.300 bits per heavy atom. The fourth-order valence-electron chi connectivity index (χ4n) is 5.07. The molecule has 0 atom stereocenters. The molecule has 0 aliphatic rings. The fourth-order valence-corrected chi connectivity index (χ4v) is 5.07. The van der Waals surface area contributed by atoms with Crippen molar-refractivity contribution in [1.82, 2.24) is 20.4 Å². The van der Waals surface area contributed by atoms with E-state index in [1.54, 1.807) is 0 Å². The van der Waals surface area contributed by atoms with E-state index in [2.05, 4.69) is 68.9 Å². The number of nitrogens with zero attached hydrogens (tertiary/aromatic N) is 4. The SMILES string of the molecule is c1ccc2cc(-c3nnc(-c4ccc5ccc(-c6nnc(-c7ccc8ccccc8c7)o6)cc5c4)o3)ccc2c1. The monoisotopic (exact) mass is 516 g/mol. The third kappa shape index (κ3) is 3.90. The van der Waals surface area contributed by atoms with Gasteiger partial charge in [-0.1, -0.05) is 72.8 Å². The highest BCUT2D eigenvalue weighted by Gasteiger charge is 2.14. The Kier molecular flexibility index (Phi) is 5.03. The van der Waals surface area contributed by atoms with E-state index >= 15 is 0 Å². The predicted molar refractivity (Wildman–Crippen MR) is 156 cm³/mol. The molecule has 0 amide bonds. The summed E-state index contributed by atoms with van der Waals surface area (Å²) < 4.78 is 12.2. The third-order valence-corrected chi connectivity index (χ3v) is 7.18. The molecule has 0 saturated carbocycles. The molecule has 0 bridgehead atoms. The Hall–Kier alpha value is -5.62. The van der Waals surface area contributed by atoms with Gasteiger partial charge in [-0.25, -0.2) is 0 Å². The summed E-state index contributed by atoms with van der Waals surface area (Å²) in [6.07, 6.45) is 0. The van der Waals surface area contributed by atoms with E-state index in [-0.39, 0.29) is 0 Å². The Bertz CT molecular complexity index is 2040. The average molecular weight is 517 g/mol. The topological polar surface area (TPSA) is 77.8 Å². The van der Waals surface area contributed by atoms with E-state index in [4.69, 9.17) is 8.83 Å². The minimum atomic E-state index is 0.465. The quantitative estimate of drug-likeness (QED) is 0.233. The van der Waals surface area contributed by atoms with Crippen molar-refractivity contribution in [3.8, 4) is 45.8 Å². The summed E-state index contributed by atoms with van der Waals surface area (Å²) in [5, 5.41) is 24.0. The second-order valence-corrected chi connectivity index (χ2v) is 9.73. The van der Waals surface area contributed by atoms with Crippen LogP contribution in [-0.2, 0) is 0 Å². The van der Waals surface area contributed by atoms with Crippen LogP contribution in [0.5, 0.6) is 0 Å². The van der Waals surface area contributed by atoms with Crippen molar-refractivity contribution in [2.45, 2.75) is 0 Å². The normalized spacial score (nSPS) is 11.5. The Morgan fingerprint density at radius 3 is 0.975 bits per heavy atom. The average Bonchev–Trinajstić information content (AvgIpc) is 3.71. The molecule has 2 aromatic heterocycles. The summed E-state index contributed by atoms with van der Waals surface area (Å²) >= 11 is 0. The van der Waals surface area contributed by atoms with Gasteiger partial charge in [0.25, 0.3) is 0 Å². The first kappa shape index (κ1) is 22.4. The maximum Gasteiger partial charge on any atom is 0.248 e. The molecule has 188 valence electrons. The van der Waals surface area contributed by atoms with E-state index in [0.29, 0.717) is 23.6 Å². The fraction of sp³-hybridized carbons (Fsp3) is 0. The van der Waals surface area contributed by atoms with Crippen molar-refractivity contribution < 1.29 is 8.83 Å². The van der Waals surface area contributed by atoms with E-state index in [1.165, 1.54) is 10.8 Å². The summed E-state index contributed by atoms with van der Waals surface area (Å²) in [5.74, 6) is 1.90. The van der Waals surface area contributed by atoms with Crippen LogP contribution in [-0.4, -0.2) is 20.4 Å². The molecule has 0 spiro atoms. The van der Waals surface area contributed by atoms with Crippen molar-refractivity contribution in [2.24, 2.45) is 0 Å². The van der Waals surface area contributed by atoms with Crippen molar-refractivity contribution in [2.75, 3.05) is 0 Å². The zero-order valence-electron chi connectivity index (χ0n) is 21.2. The smallest absolute Gasteiger partial charge is 0.248 e. The highest BCUT2D eigenvalue weighted by Crippen LogP contribution is 2.32. The molecule has 0 aliphatic heterocycles. The lowest BCUT2D eigenvalue weighted by Gasteiger charge is -2.03. The number of benzene rings is 6. The lowest BCUT2D eigenvalue weighted by Crippen LogP contribution is -1.82. The number of hydrogen-bond acceptors (Lipinski definition) is 6. The zero-order valence-corrected chi connectivity index (χ0v) is 21.2. The molecule has 0 radical (unpaired) electrons. The third-order valence-electron chi connectivity index (χ3n) is 7.18. The molecule has 6 nitrogen and oxygen atoms in total. The van der Waals surface area contributed by atoms with Crippen molar-refractivity contribution in [1.29, 1.82) is 0 Å². The van der Waals surface area contributed by atoms with Crippen LogP contribution in [0.3, 0.4) is 0 Å². The van der Waals surface area contributed by atoms with E-state index < -0.39 is 0 Å². The van der Waals surface area contributed by atoms with Crippen molar-refractivity contribution in [3.05, 3.63) is 121 Å². The van der Waals surface area contributed by atoms with Gasteiger partial charge in [0, 0.05) is 22.3 Å². The number of rotatable bonds is 4. The summed E-state index contributed by atoms with van der Waals surface area (Å²) in [6.45, 7) is 0. The van der Waals surface area contributed by atoms with E-state index in [9.17, 15) is 0 Å². The first-order chi connectivity index (χ1) is 19.8. The minimum Gasteiger partial charge on any atom is -0.416 e.